The second-order valence-corrected chi connectivity index (χ2v) is 5.30. The first-order chi connectivity index (χ1) is 10.1. The molecule has 7 heteroatoms. The van der Waals surface area contributed by atoms with Crippen molar-refractivity contribution in [3.05, 3.63) is 40.4 Å². The van der Waals surface area contributed by atoms with Crippen LogP contribution in [-0.4, -0.2) is 21.5 Å². The van der Waals surface area contributed by atoms with Crippen LogP contribution in [0.4, 0.5) is 4.79 Å². The van der Waals surface area contributed by atoms with Gasteiger partial charge in [0, 0.05) is 11.7 Å². The average Bonchev–Trinajstić information content (AvgIpc) is 2.95. The zero-order valence-electron chi connectivity index (χ0n) is 12.2. The van der Waals surface area contributed by atoms with Crippen LogP contribution >= 0.6 is 12.4 Å². The molecule has 1 aliphatic carbocycles. The number of halogens is 1. The molecule has 0 aliphatic heterocycles. The molecule has 1 N–H and O–H groups in total. The maximum atomic E-state index is 12.3. The highest BCUT2D eigenvalue weighted by atomic mass is 35.5. The topological polar surface area (TPSA) is 72.7 Å². The molecule has 0 bridgehead atoms. The van der Waals surface area contributed by atoms with E-state index in [1.54, 1.807) is 19.1 Å². The summed E-state index contributed by atoms with van der Waals surface area (Å²) in [6, 6.07) is 5.51. The molecule has 2 aromatic rings. The zero-order chi connectivity index (χ0) is 14.8. The van der Waals surface area contributed by atoms with Crippen LogP contribution in [0.5, 0.6) is 5.75 Å². The Hall–Kier alpha value is -2.08. The van der Waals surface area contributed by atoms with Gasteiger partial charge >= 0.3 is 11.7 Å². The molecule has 0 spiro atoms. The molecule has 1 saturated carbocycles. The second kappa shape index (κ2) is 6.79. The van der Waals surface area contributed by atoms with Crippen molar-refractivity contribution in [2.45, 2.75) is 38.6 Å². The molecular formula is C15H18ClN3O3. The molecule has 118 valence electrons. The number of ether oxygens (including phenoxy) is 1. The number of nitrogens with zero attached hydrogens (tertiary/aromatic N) is 2. The Balaban J connectivity index is 0.00000176. The highest BCUT2D eigenvalue weighted by molar-refractivity contribution is 5.85. The summed E-state index contributed by atoms with van der Waals surface area (Å²) in [6.45, 7) is 1.80. The third kappa shape index (κ3) is 3.22. The molecule has 2 heterocycles. The minimum atomic E-state index is -0.589. The Morgan fingerprint density at radius 1 is 1.36 bits per heavy atom. The van der Waals surface area contributed by atoms with Gasteiger partial charge in [0.2, 0.25) is 5.75 Å². The van der Waals surface area contributed by atoms with Gasteiger partial charge in [-0.1, -0.05) is 18.9 Å². The van der Waals surface area contributed by atoms with Crippen molar-refractivity contribution in [3.63, 3.8) is 0 Å². The number of hydrogen-bond donors (Lipinski definition) is 1. The van der Waals surface area contributed by atoms with Gasteiger partial charge in [0.25, 0.3) is 0 Å². The molecule has 1 amide bonds. The van der Waals surface area contributed by atoms with E-state index in [1.807, 2.05) is 6.07 Å². The number of hydrogen-bond acceptors (Lipinski definition) is 4. The molecule has 1 aliphatic rings. The van der Waals surface area contributed by atoms with Crippen molar-refractivity contribution in [2.24, 2.45) is 0 Å². The molecule has 0 unspecified atom stereocenters. The van der Waals surface area contributed by atoms with Gasteiger partial charge < -0.3 is 10.1 Å². The summed E-state index contributed by atoms with van der Waals surface area (Å²) in [5, 5.41) is 2.78. The van der Waals surface area contributed by atoms with Gasteiger partial charge in [0.05, 0.1) is 6.20 Å². The van der Waals surface area contributed by atoms with Gasteiger partial charge in [0.1, 0.15) is 5.65 Å². The number of aromatic nitrogens is 2. The molecule has 1 fully saturated rings. The normalized spacial score (nSPS) is 14.6. The first-order valence-electron chi connectivity index (χ1n) is 7.11. The molecule has 0 radical (unpaired) electrons. The van der Waals surface area contributed by atoms with Gasteiger partial charge in [-0.2, -0.15) is 0 Å². The van der Waals surface area contributed by atoms with E-state index in [2.05, 4.69) is 10.3 Å². The van der Waals surface area contributed by atoms with Gasteiger partial charge in [-0.3, -0.25) is 9.20 Å². The standard InChI is InChI=1S/C15H17N3O3.ClH/c1-10-5-4-8-13-16-9-12(14(19)18(10)13)21-15(20)17-11-6-2-3-7-11;/h4-5,8-9,11H,2-3,6-7H2,1H3,(H,17,20);1H. The summed E-state index contributed by atoms with van der Waals surface area (Å²) in [5.41, 5.74) is 0.898. The van der Waals surface area contributed by atoms with E-state index in [1.165, 1.54) is 10.6 Å². The van der Waals surface area contributed by atoms with E-state index in [0.717, 1.165) is 31.4 Å². The number of carbonyl (C=O) groups is 1. The van der Waals surface area contributed by atoms with Crippen LogP contribution in [0.3, 0.4) is 0 Å². The SMILES string of the molecule is Cc1cccc2ncc(OC(=O)NC3CCCC3)c(=O)n12.Cl. The Labute approximate surface area is 133 Å². The van der Waals surface area contributed by atoms with E-state index >= 15 is 0 Å². The third-order valence-corrected chi connectivity index (χ3v) is 3.77. The Morgan fingerprint density at radius 3 is 2.82 bits per heavy atom. The fraction of sp³-hybridized carbons (Fsp3) is 0.400. The van der Waals surface area contributed by atoms with E-state index in [9.17, 15) is 9.59 Å². The van der Waals surface area contributed by atoms with Gasteiger partial charge in [-0.15, -0.1) is 12.4 Å². The average molecular weight is 324 g/mol. The van der Waals surface area contributed by atoms with Crippen LogP contribution in [0.1, 0.15) is 31.4 Å². The Morgan fingerprint density at radius 2 is 2.09 bits per heavy atom. The first-order valence-corrected chi connectivity index (χ1v) is 7.11. The Kier molecular flexibility index (Phi) is 5.03. The van der Waals surface area contributed by atoms with Crippen molar-refractivity contribution in [1.82, 2.24) is 14.7 Å². The first kappa shape index (κ1) is 16.3. The number of rotatable bonds is 2. The summed E-state index contributed by atoms with van der Waals surface area (Å²) < 4.78 is 6.55. The summed E-state index contributed by atoms with van der Waals surface area (Å²) in [7, 11) is 0. The van der Waals surface area contributed by atoms with Crippen molar-refractivity contribution < 1.29 is 9.53 Å². The lowest BCUT2D eigenvalue weighted by Crippen LogP contribution is -2.36. The van der Waals surface area contributed by atoms with Crippen LogP contribution in [0.15, 0.2) is 29.2 Å². The van der Waals surface area contributed by atoms with Gasteiger partial charge in [0.15, 0.2) is 0 Å². The minimum absolute atomic E-state index is 0. The molecular weight excluding hydrogens is 306 g/mol. The lowest BCUT2D eigenvalue weighted by Gasteiger charge is -2.12. The number of aryl methyl sites for hydroxylation is 1. The zero-order valence-corrected chi connectivity index (χ0v) is 13.1. The number of amides is 1. The fourth-order valence-electron chi connectivity index (χ4n) is 2.69. The second-order valence-electron chi connectivity index (χ2n) is 5.30. The lowest BCUT2D eigenvalue weighted by molar-refractivity contribution is 0.195. The maximum Gasteiger partial charge on any atom is 0.413 e. The molecule has 6 nitrogen and oxygen atoms in total. The highest BCUT2D eigenvalue weighted by Gasteiger charge is 2.19. The van der Waals surface area contributed by atoms with Crippen LogP contribution in [0.25, 0.3) is 5.65 Å². The molecule has 22 heavy (non-hydrogen) atoms. The van der Waals surface area contributed by atoms with Gasteiger partial charge in [-0.25, -0.2) is 9.78 Å². The largest absolute Gasteiger partial charge is 0.413 e. The lowest BCUT2D eigenvalue weighted by atomic mass is 10.3. The summed E-state index contributed by atoms with van der Waals surface area (Å²) >= 11 is 0. The van der Waals surface area contributed by atoms with Gasteiger partial charge in [-0.05, 0) is 31.9 Å². The third-order valence-electron chi connectivity index (χ3n) is 3.77. The van der Waals surface area contributed by atoms with E-state index in [4.69, 9.17) is 4.74 Å². The quantitative estimate of drug-likeness (QED) is 0.921. The van der Waals surface area contributed by atoms with Crippen LogP contribution in [0.2, 0.25) is 0 Å². The summed E-state index contributed by atoms with van der Waals surface area (Å²) in [5.74, 6) is -0.0581. The molecule has 3 rings (SSSR count). The van der Waals surface area contributed by atoms with Crippen LogP contribution < -0.4 is 15.6 Å². The van der Waals surface area contributed by atoms with E-state index < -0.39 is 6.09 Å². The molecule has 0 saturated heterocycles. The summed E-state index contributed by atoms with van der Waals surface area (Å²) in [4.78, 5) is 28.3. The number of fused-ring (bicyclic) bond motifs is 1. The minimum Gasteiger partial charge on any atom is -0.403 e. The maximum absolute atomic E-state index is 12.3. The number of nitrogens with one attached hydrogen (secondary N) is 1. The highest BCUT2D eigenvalue weighted by Crippen LogP contribution is 2.17. The van der Waals surface area contributed by atoms with E-state index in [-0.39, 0.29) is 29.8 Å². The van der Waals surface area contributed by atoms with Crippen molar-refractivity contribution in [2.75, 3.05) is 0 Å². The molecule has 0 atom stereocenters. The monoisotopic (exact) mass is 323 g/mol. The van der Waals surface area contributed by atoms with E-state index in [0.29, 0.717) is 5.65 Å². The molecule has 2 aromatic heterocycles. The molecule has 0 aromatic carbocycles. The smallest absolute Gasteiger partial charge is 0.403 e. The van der Waals surface area contributed by atoms with Crippen molar-refractivity contribution >= 4 is 24.1 Å². The summed E-state index contributed by atoms with van der Waals surface area (Å²) in [6.07, 6.45) is 4.86. The van der Waals surface area contributed by atoms with Crippen LogP contribution in [0, 0.1) is 6.92 Å². The Bertz CT molecular complexity index is 738. The van der Waals surface area contributed by atoms with Crippen molar-refractivity contribution in [3.8, 4) is 5.75 Å². The van der Waals surface area contributed by atoms with Crippen LogP contribution in [-0.2, 0) is 0 Å². The van der Waals surface area contributed by atoms with Crippen molar-refractivity contribution in [1.29, 1.82) is 0 Å². The predicted octanol–water partition coefficient (Wildman–Crippen LogP) is 2.46. The number of carbonyl (C=O) groups excluding carboxylic acids is 1. The predicted molar refractivity (Wildman–Crippen MR) is 84.9 cm³/mol. The number of pyridine rings is 1. The fourth-order valence-corrected chi connectivity index (χ4v) is 2.69.